The molecule has 0 aliphatic carbocycles. The highest BCUT2D eigenvalue weighted by atomic mass is 79.9. The number of aliphatic hydroxyl groups is 1. The van der Waals surface area contributed by atoms with Gasteiger partial charge in [-0.3, -0.25) is 14.4 Å². The maximum absolute atomic E-state index is 14.6. The SMILES string of the molecule is C=CCOC(=O)[C@H]1[C@@H]2SC3(CC2Br)C(C(=O)N(CC=C)c2ccc(Cl)cc2)N([C@@H](CO)[C@@H](C)CC)C(=O)[C@H]13. The highest BCUT2D eigenvalue weighted by molar-refractivity contribution is 9.09. The first-order valence-electron chi connectivity index (χ1n) is 12.9. The molecule has 0 saturated carbocycles. The highest BCUT2D eigenvalue weighted by Gasteiger charge is 2.76. The van der Waals surface area contributed by atoms with Crippen LogP contribution in [0.1, 0.15) is 26.7 Å². The molecule has 1 aromatic carbocycles. The van der Waals surface area contributed by atoms with E-state index in [0.717, 1.165) is 0 Å². The van der Waals surface area contributed by atoms with Crippen molar-refractivity contribution in [3.8, 4) is 0 Å². The second-order valence-corrected chi connectivity index (χ2v) is 13.3. The van der Waals surface area contributed by atoms with Crippen molar-refractivity contribution in [3.63, 3.8) is 0 Å². The zero-order valence-electron chi connectivity index (χ0n) is 21.6. The predicted molar refractivity (Wildman–Crippen MR) is 155 cm³/mol. The largest absolute Gasteiger partial charge is 0.461 e. The summed E-state index contributed by atoms with van der Waals surface area (Å²) < 4.78 is 4.60. The Labute approximate surface area is 241 Å². The number of likely N-dealkylation sites (tertiary alicyclic amines) is 1. The van der Waals surface area contributed by atoms with E-state index in [2.05, 4.69) is 29.1 Å². The van der Waals surface area contributed by atoms with E-state index in [1.165, 1.54) is 17.8 Å². The summed E-state index contributed by atoms with van der Waals surface area (Å²) in [5, 5.41) is 10.8. The van der Waals surface area contributed by atoms with Gasteiger partial charge in [0, 0.05) is 27.3 Å². The van der Waals surface area contributed by atoms with Crippen LogP contribution in [0.25, 0.3) is 0 Å². The molecule has 3 fully saturated rings. The molecule has 1 aromatic rings. The molecule has 8 atom stereocenters. The molecule has 3 heterocycles. The van der Waals surface area contributed by atoms with Gasteiger partial charge in [0.2, 0.25) is 5.91 Å². The van der Waals surface area contributed by atoms with Gasteiger partial charge in [0.15, 0.2) is 0 Å². The molecule has 206 valence electrons. The smallest absolute Gasteiger partial charge is 0.311 e. The quantitative estimate of drug-likeness (QED) is 0.222. The Morgan fingerprint density at radius 1 is 1.34 bits per heavy atom. The van der Waals surface area contributed by atoms with E-state index in [4.69, 9.17) is 16.3 Å². The van der Waals surface area contributed by atoms with Crippen molar-refractivity contribution < 1.29 is 24.2 Å². The van der Waals surface area contributed by atoms with Crippen LogP contribution >= 0.6 is 39.3 Å². The number of nitrogens with zero attached hydrogens (tertiary/aromatic N) is 2. The van der Waals surface area contributed by atoms with Crippen LogP contribution in [0.2, 0.25) is 5.02 Å². The van der Waals surface area contributed by atoms with E-state index in [-0.39, 0.29) is 47.6 Å². The number of benzene rings is 1. The monoisotopic (exact) mass is 624 g/mol. The molecule has 1 N–H and O–H groups in total. The summed E-state index contributed by atoms with van der Waals surface area (Å²) in [6, 6.07) is 5.50. The lowest BCUT2D eigenvalue weighted by Gasteiger charge is -2.41. The van der Waals surface area contributed by atoms with Crippen LogP contribution in [0, 0.1) is 17.8 Å². The molecule has 7 nitrogen and oxygen atoms in total. The molecule has 3 aliphatic rings. The molecule has 3 aliphatic heterocycles. The van der Waals surface area contributed by atoms with Gasteiger partial charge in [0.05, 0.1) is 29.2 Å². The number of hydrogen-bond donors (Lipinski definition) is 1. The number of thioether (sulfide) groups is 1. The molecular weight excluding hydrogens is 592 g/mol. The van der Waals surface area contributed by atoms with Gasteiger partial charge < -0.3 is 19.6 Å². The van der Waals surface area contributed by atoms with Crippen molar-refractivity contribution in [1.29, 1.82) is 0 Å². The van der Waals surface area contributed by atoms with Gasteiger partial charge in [-0.1, -0.05) is 66.5 Å². The van der Waals surface area contributed by atoms with Crippen LogP contribution in [0.4, 0.5) is 5.69 Å². The van der Waals surface area contributed by atoms with Crippen molar-refractivity contribution in [2.24, 2.45) is 17.8 Å². The maximum Gasteiger partial charge on any atom is 0.311 e. The van der Waals surface area contributed by atoms with Crippen LogP contribution in [0.3, 0.4) is 0 Å². The Morgan fingerprint density at radius 3 is 2.61 bits per heavy atom. The molecule has 10 heteroatoms. The van der Waals surface area contributed by atoms with Crippen LogP contribution in [-0.4, -0.2) is 74.5 Å². The van der Waals surface area contributed by atoms with E-state index in [1.807, 2.05) is 13.8 Å². The third-order valence-electron chi connectivity index (χ3n) is 8.14. The molecule has 2 amide bonds. The van der Waals surface area contributed by atoms with Gasteiger partial charge >= 0.3 is 5.97 Å². The molecular formula is C28H34BrClN2O5S. The summed E-state index contributed by atoms with van der Waals surface area (Å²) in [5.74, 6) is -2.49. The first-order chi connectivity index (χ1) is 18.2. The lowest BCUT2D eigenvalue weighted by atomic mass is 9.71. The Balaban J connectivity index is 1.85. The maximum atomic E-state index is 14.6. The number of carbonyl (C=O) groups is 3. The minimum absolute atomic E-state index is 0.0511. The number of alkyl halides is 1. The summed E-state index contributed by atoms with van der Waals surface area (Å²) in [6.45, 7) is 11.4. The van der Waals surface area contributed by atoms with Gasteiger partial charge in [-0.2, -0.15) is 0 Å². The van der Waals surface area contributed by atoms with Crippen molar-refractivity contribution in [1.82, 2.24) is 4.90 Å². The number of amides is 2. The van der Waals surface area contributed by atoms with Gasteiger partial charge in [0.25, 0.3) is 5.91 Å². The molecule has 3 saturated heterocycles. The molecule has 3 unspecified atom stereocenters. The fraction of sp³-hybridized carbons (Fsp3) is 0.536. The van der Waals surface area contributed by atoms with Crippen molar-refractivity contribution in [2.75, 3.05) is 24.7 Å². The minimum Gasteiger partial charge on any atom is -0.461 e. The molecule has 1 spiro atoms. The van der Waals surface area contributed by atoms with E-state index in [1.54, 1.807) is 40.1 Å². The van der Waals surface area contributed by atoms with Crippen LogP contribution in [0.15, 0.2) is 49.6 Å². The summed E-state index contributed by atoms with van der Waals surface area (Å²) in [4.78, 5) is 45.3. The van der Waals surface area contributed by atoms with Crippen molar-refractivity contribution in [3.05, 3.63) is 54.6 Å². The predicted octanol–water partition coefficient (Wildman–Crippen LogP) is 4.46. The zero-order chi connectivity index (χ0) is 27.8. The minimum atomic E-state index is -0.881. The number of carbonyl (C=O) groups excluding carboxylic acids is 3. The third kappa shape index (κ3) is 4.73. The number of ether oxygens (including phenoxy) is 1. The Kier molecular flexibility index (Phi) is 9.02. The van der Waals surface area contributed by atoms with Gasteiger partial charge in [-0.05, 0) is 36.6 Å². The van der Waals surface area contributed by atoms with Crippen LogP contribution < -0.4 is 4.90 Å². The topological polar surface area (TPSA) is 87.2 Å². The fourth-order valence-electron chi connectivity index (χ4n) is 6.25. The van der Waals surface area contributed by atoms with E-state index in [0.29, 0.717) is 23.6 Å². The molecule has 0 aromatic heterocycles. The first-order valence-corrected chi connectivity index (χ1v) is 15.0. The zero-order valence-corrected chi connectivity index (χ0v) is 24.8. The number of rotatable bonds is 11. The standard InChI is InChI=1S/C28H34BrClN2O5S/c1-5-12-31(18-10-8-17(30)9-11-18)26(35)24-28-14-19(29)23(38-28)21(27(36)37-13-6-2)22(28)25(34)32(24)20(15-33)16(4)7-3/h5-6,8-11,16,19-24,33H,1-2,7,12-15H2,3-4H3/t16-,19?,20-,21+,22-,23+,24?,28?/m0/s1. The van der Waals surface area contributed by atoms with Gasteiger partial charge in [0.1, 0.15) is 12.6 Å². The number of anilines is 1. The number of hydrogen-bond acceptors (Lipinski definition) is 6. The number of aliphatic hydroxyl groups excluding tert-OH is 1. The second kappa shape index (κ2) is 11.7. The lowest BCUT2D eigenvalue weighted by molar-refractivity contribution is -0.153. The first kappa shape index (κ1) is 29.2. The third-order valence-corrected chi connectivity index (χ3v) is 11.6. The number of halogens is 2. The van der Waals surface area contributed by atoms with E-state index in [9.17, 15) is 19.5 Å². The summed E-state index contributed by atoms with van der Waals surface area (Å²) in [5.41, 5.74) is 0.630. The Hall–Kier alpha value is -1.81. The highest BCUT2D eigenvalue weighted by Crippen LogP contribution is 2.68. The van der Waals surface area contributed by atoms with Crippen molar-refractivity contribution in [2.45, 2.75) is 53.6 Å². The number of fused-ring (bicyclic) bond motifs is 1. The number of esters is 1. The Morgan fingerprint density at radius 2 is 2.03 bits per heavy atom. The van der Waals surface area contributed by atoms with Gasteiger partial charge in [-0.25, -0.2) is 0 Å². The molecule has 0 radical (unpaired) electrons. The summed E-state index contributed by atoms with van der Waals surface area (Å²) >= 11 is 11.4. The molecule has 4 rings (SSSR count). The molecule has 38 heavy (non-hydrogen) atoms. The normalized spacial score (nSPS) is 31.0. The lowest BCUT2D eigenvalue weighted by Crippen LogP contribution is -2.59. The van der Waals surface area contributed by atoms with Crippen molar-refractivity contribution >= 4 is 62.8 Å². The average molecular weight is 626 g/mol. The summed E-state index contributed by atoms with van der Waals surface area (Å²) in [6.07, 6.45) is 4.39. The van der Waals surface area contributed by atoms with Gasteiger partial charge in [-0.15, -0.1) is 18.3 Å². The fourth-order valence-corrected chi connectivity index (χ4v) is 9.95. The van der Waals surface area contributed by atoms with Crippen LogP contribution in [0.5, 0.6) is 0 Å². The summed E-state index contributed by atoms with van der Waals surface area (Å²) in [7, 11) is 0. The second-order valence-electron chi connectivity index (χ2n) is 10.2. The Bertz CT molecular complexity index is 1100. The van der Waals surface area contributed by atoms with Crippen LogP contribution in [-0.2, 0) is 19.1 Å². The molecule has 2 bridgehead atoms. The van der Waals surface area contributed by atoms with E-state index < -0.39 is 34.6 Å². The van der Waals surface area contributed by atoms with E-state index >= 15 is 0 Å². The average Bonchev–Trinajstić information content (AvgIpc) is 3.50.